The number of hydrogen-bond donors (Lipinski definition) is 2. The molecule has 1 aromatic heterocycles. The summed E-state index contributed by atoms with van der Waals surface area (Å²) in [5.41, 5.74) is 0.567. The highest BCUT2D eigenvalue weighted by atomic mass is 35.5. The molecule has 1 aromatic carbocycles. The second kappa shape index (κ2) is 5.87. The molecule has 0 saturated carbocycles. The first-order chi connectivity index (χ1) is 10.1. The average molecular weight is 307 g/mol. The Bertz CT molecular complexity index is 735. The average Bonchev–Trinajstić information content (AvgIpc) is 2.98. The van der Waals surface area contributed by atoms with Crippen LogP contribution in [0.15, 0.2) is 28.7 Å². The van der Waals surface area contributed by atoms with Gasteiger partial charge in [0, 0.05) is 23.6 Å². The van der Waals surface area contributed by atoms with E-state index < -0.39 is 0 Å². The van der Waals surface area contributed by atoms with E-state index in [2.05, 4.69) is 5.32 Å². The van der Waals surface area contributed by atoms with Crippen LogP contribution >= 0.6 is 11.6 Å². The van der Waals surface area contributed by atoms with Crippen LogP contribution in [0.25, 0.3) is 11.0 Å². The Morgan fingerprint density at radius 1 is 1.43 bits per heavy atom. The van der Waals surface area contributed by atoms with Crippen LogP contribution in [0.2, 0.25) is 5.02 Å². The van der Waals surface area contributed by atoms with Crippen molar-refractivity contribution in [2.75, 3.05) is 13.2 Å². The first-order valence-electron chi connectivity index (χ1n) is 6.81. The molecular weight excluding hydrogens is 292 g/mol. The van der Waals surface area contributed by atoms with E-state index in [0.29, 0.717) is 22.5 Å². The zero-order valence-electron chi connectivity index (χ0n) is 11.3. The molecule has 1 unspecified atom stereocenters. The van der Waals surface area contributed by atoms with Crippen LogP contribution in [-0.4, -0.2) is 25.2 Å². The Morgan fingerprint density at radius 3 is 3.05 bits per heavy atom. The Balaban J connectivity index is 1.83. The van der Waals surface area contributed by atoms with Crippen LogP contribution in [0.4, 0.5) is 0 Å². The maximum atomic E-state index is 12.2. The quantitative estimate of drug-likeness (QED) is 0.914. The predicted molar refractivity (Wildman–Crippen MR) is 78.4 cm³/mol. The monoisotopic (exact) mass is 306 g/mol. The van der Waals surface area contributed by atoms with Crippen molar-refractivity contribution in [1.82, 2.24) is 5.32 Å². The van der Waals surface area contributed by atoms with Gasteiger partial charge < -0.3 is 14.5 Å². The SMILES string of the molecule is N=c1oc2ccc(Cl)cc2cc1C(=O)NCC1CCCO1. The minimum absolute atomic E-state index is 0.0648. The minimum Gasteiger partial charge on any atom is -0.438 e. The third kappa shape index (κ3) is 3.09. The molecule has 0 aliphatic carbocycles. The number of fused-ring (bicyclic) bond motifs is 1. The summed E-state index contributed by atoms with van der Waals surface area (Å²) in [7, 11) is 0. The molecule has 5 nitrogen and oxygen atoms in total. The number of halogens is 1. The molecule has 21 heavy (non-hydrogen) atoms. The predicted octanol–water partition coefficient (Wildman–Crippen LogP) is 2.47. The van der Waals surface area contributed by atoms with E-state index in [-0.39, 0.29) is 23.1 Å². The van der Waals surface area contributed by atoms with Crippen LogP contribution in [0, 0.1) is 5.41 Å². The number of ether oxygens (including phenoxy) is 1. The fourth-order valence-electron chi connectivity index (χ4n) is 2.39. The van der Waals surface area contributed by atoms with Crippen molar-refractivity contribution in [2.24, 2.45) is 0 Å². The van der Waals surface area contributed by atoms with Gasteiger partial charge in [0.15, 0.2) is 0 Å². The van der Waals surface area contributed by atoms with Crippen molar-refractivity contribution < 1.29 is 13.9 Å². The fourth-order valence-corrected chi connectivity index (χ4v) is 2.57. The smallest absolute Gasteiger partial charge is 0.256 e. The van der Waals surface area contributed by atoms with Crippen molar-refractivity contribution in [3.63, 3.8) is 0 Å². The zero-order chi connectivity index (χ0) is 14.8. The van der Waals surface area contributed by atoms with Gasteiger partial charge in [0.2, 0.25) is 5.55 Å². The first-order valence-corrected chi connectivity index (χ1v) is 7.19. The molecule has 1 aliphatic rings. The van der Waals surface area contributed by atoms with Crippen molar-refractivity contribution in [3.8, 4) is 0 Å². The van der Waals surface area contributed by atoms with Crippen LogP contribution < -0.4 is 10.9 Å². The Hall–Kier alpha value is -1.85. The molecule has 1 fully saturated rings. The summed E-state index contributed by atoms with van der Waals surface area (Å²) >= 11 is 5.93. The van der Waals surface area contributed by atoms with Crippen LogP contribution in [0.1, 0.15) is 23.2 Å². The first kappa shape index (κ1) is 14.1. The summed E-state index contributed by atoms with van der Waals surface area (Å²) in [6.07, 6.45) is 2.04. The summed E-state index contributed by atoms with van der Waals surface area (Å²) in [5.74, 6) is -0.332. The minimum atomic E-state index is -0.332. The highest BCUT2D eigenvalue weighted by Crippen LogP contribution is 2.19. The molecule has 110 valence electrons. The summed E-state index contributed by atoms with van der Waals surface area (Å²) in [4.78, 5) is 12.2. The molecule has 1 amide bonds. The summed E-state index contributed by atoms with van der Waals surface area (Å²) in [6, 6.07) is 6.70. The van der Waals surface area contributed by atoms with Crippen LogP contribution in [0.5, 0.6) is 0 Å². The lowest BCUT2D eigenvalue weighted by molar-refractivity contribution is 0.0854. The summed E-state index contributed by atoms with van der Waals surface area (Å²) in [6.45, 7) is 1.19. The van der Waals surface area contributed by atoms with E-state index in [1.54, 1.807) is 24.3 Å². The lowest BCUT2D eigenvalue weighted by Gasteiger charge is -2.10. The lowest BCUT2D eigenvalue weighted by atomic mass is 10.1. The van der Waals surface area contributed by atoms with Gasteiger partial charge in [0.25, 0.3) is 5.91 Å². The van der Waals surface area contributed by atoms with Gasteiger partial charge in [-0.1, -0.05) is 11.6 Å². The second-order valence-corrected chi connectivity index (χ2v) is 5.45. The topological polar surface area (TPSA) is 75.3 Å². The Morgan fingerprint density at radius 2 is 2.29 bits per heavy atom. The van der Waals surface area contributed by atoms with Crippen LogP contribution in [0.3, 0.4) is 0 Å². The standard InChI is InChI=1S/C15H15ClN2O3/c16-10-3-4-13-9(6-10)7-12(14(17)21-13)15(19)18-8-11-2-1-5-20-11/h3-4,6-7,11,17H,1-2,5,8H2,(H,18,19). The number of nitrogens with one attached hydrogen (secondary N) is 2. The van der Waals surface area contributed by atoms with E-state index in [4.69, 9.17) is 26.2 Å². The Labute approximate surface area is 126 Å². The number of rotatable bonds is 3. The second-order valence-electron chi connectivity index (χ2n) is 5.02. The number of hydrogen-bond acceptors (Lipinski definition) is 4. The number of benzene rings is 1. The van der Waals surface area contributed by atoms with E-state index in [1.807, 2.05) is 0 Å². The van der Waals surface area contributed by atoms with E-state index in [9.17, 15) is 4.79 Å². The maximum absolute atomic E-state index is 12.2. The summed E-state index contributed by atoms with van der Waals surface area (Å²) < 4.78 is 10.8. The zero-order valence-corrected chi connectivity index (χ0v) is 12.1. The molecule has 2 aromatic rings. The molecule has 6 heteroatoms. The molecule has 2 N–H and O–H groups in total. The van der Waals surface area contributed by atoms with Gasteiger partial charge in [0.1, 0.15) is 11.1 Å². The van der Waals surface area contributed by atoms with Gasteiger partial charge in [-0.15, -0.1) is 0 Å². The highest BCUT2D eigenvalue weighted by Gasteiger charge is 2.18. The van der Waals surface area contributed by atoms with Crippen molar-refractivity contribution in [1.29, 1.82) is 5.41 Å². The molecule has 3 rings (SSSR count). The van der Waals surface area contributed by atoms with Gasteiger partial charge in [-0.2, -0.15) is 0 Å². The van der Waals surface area contributed by atoms with E-state index in [0.717, 1.165) is 19.4 Å². The summed E-state index contributed by atoms with van der Waals surface area (Å²) in [5, 5.41) is 11.9. The molecule has 1 aliphatic heterocycles. The molecular formula is C15H15ClN2O3. The third-order valence-corrected chi connectivity index (χ3v) is 3.72. The maximum Gasteiger partial charge on any atom is 0.256 e. The van der Waals surface area contributed by atoms with E-state index >= 15 is 0 Å². The van der Waals surface area contributed by atoms with Crippen molar-refractivity contribution in [3.05, 3.63) is 40.4 Å². The molecule has 0 spiro atoms. The molecule has 1 saturated heterocycles. The van der Waals surface area contributed by atoms with Gasteiger partial charge in [-0.05, 0) is 37.1 Å². The van der Waals surface area contributed by atoms with Gasteiger partial charge in [-0.25, -0.2) is 0 Å². The number of carbonyl (C=O) groups excluding carboxylic acids is 1. The van der Waals surface area contributed by atoms with Crippen LogP contribution in [-0.2, 0) is 4.74 Å². The molecule has 0 radical (unpaired) electrons. The number of carbonyl (C=O) groups is 1. The highest BCUT2D eigenvalue weighted by molar-refractivity contribution is 6.31. The van der Waals surface area contributed by atoms with Gasteiger partial charge in [0.05, 0.1) is 6.10 Å². The largest absolute Gasteiger partial charge is 0.438 e. The van der Waals surface area contributed by atoms with Crippen molar-refractivity contribution in [2.45, 2.75) is 18.9 Å². The van der Waals surface area contributed by atoms with Crippen molar-refractivity contribution >= 4 is 28.5 Å². The fraction of sp³-hybridized carbons (Fsp3) is 0.333. The normalized spacial score (nSPS) is 18.0. The Kier molecular flexibility index (Phi) is 3.94. The molecule has 1 atom stereocenters. The number of amides is 1. The van der Waals surface area contributed by atoms with Gasteiger partial charge in [-0.3, -0.25) is 10.2 Å². The van der Waals surface area contributed by atoms with Gasteiger partial charge >= 0.3 is 0 Å². The lowest BCUT2D eigenvalue weighted by Crippen LogP contribution is -2.34. The van der Waals surface area contributed by atoms with E-state index in [1.165, 1.54) is 0 Å². The molecule has 2 heterocycles. The third-order valence-electron chi connectivity index (χ3n) is 3.49. The molecule has 0 bridgehead atoms.